The predicted molar refractivity (Wildman–Crippen MR) is 67.9 cm³/mol. The van der Waals surface area contributed by atoms with Crippen LogP contribution in [0.15, 0.2) is 28.7 Å². The number of hydrogen-bond acceptors (Lipinski definition) is 1. The first kappa shape index (κ1) is 10.7. The van der Waals surface area contributed by atoms with Crippen molar-refractivity contribution in [2.45, 2.75) is 26.4 Å². The second kappa shape index (κ2) is 3.99. The van der Waals surface area contributed by atoms with E-state index in [0.717, 1.165) is 4.47 Å². The van der Waals surface area contributed by atoms with E-state index in [9.17, 15) is 0 Å². The van der Waals surface area contributed by atoms with Gasteiger partial charge >= 0.3 is 0 Å². The van der Waals surface area contributed by atoms with E-state index in [1.54, 1.807) is 0 Å². The van der Waals surface area contributed by atoms with Crippen molar-refractivity contribution in [3.8, 4) is 0 Å². The van der Waals surface area contributed by atoms with Crippen LogP contribution in [-0.2, 0) is 6.54 Å². The van der Waals surface area contributed by atoms with Gasteiger partial charge in [-0.2, -0.15) is 0 Å². The number of aromatic nitrogens is 1. The summed E-state index contributed by atoms with van der Waals surface area (Å²) < 4.78 is 3.43. The van der Waals surface area contributed by atoms with Gasteiger partial charge in [0.15, 0.2) is 0 Å². The maximum absolute atomic E-state index is 5.77. The fourth-order valence-electron chi connectivity index (χ4n) is 2.04. The lowest BCUT2D eigenvalue weighted by Crippen LogP contribution is -2.08. The Morgan fingerprint density at radius 2 is 2.13 bits per heavy atom. The number of nitrogens with zero attached hydrogens (tertiary/aromatic N) is 1. The van der Waals surface area contributed by atoms with E-state index >= 15 is 0 Å². The van der Waals surface area contributed by atoms with Crippen molar-refractivity contribution in [3.63, 3.8) is 0 Å². The third-order valence-electron chi connectivity index (χ3n) is 2.64. The zero-order valence-electron chi connectivity index (χ0n) is 9.00. The molecule has 2 N–H and O–H groups in total. The number of fused-ring (bicyclic) bond motifs is 1. The van der Waals surface area contributed by atoms with E-state index in [1.165, 1.54) is 16.6 Å². The number of benzene rings is 1. The molecule has 0 saturated heterocycles. The van der Waals surface area contributed by atoms with Crippen molar-refractivity contribution in [1.82, 2.24) is 4.57 Å². The summed E-state index contributed by atoms with van der Waals surface area (Å²) in [6.07, 6.45) is 0. The number of halogens is 1. The van der Waals surface area contributed by atoms with Gasteiger partial charge in [-0.05, 0) is 32.0 Å². The molecule has 1 heterocycles. The smallest absolute Gasteiger partial charge is 0.0496 e. The Kier molecular flexibility index (Phi) is 2.85. The van der Waals surface area contributed by atoms with Crippen LogP contribution in [-0.4, -0.2) is 4.57 Å². The van der Waals surface area contributed by atoms with Crippen LogP contribution in [0.1, 0.15) is 25.6 Å². The molecule has 0 fully saturated rings. The normalized spacial score (nSPS) is 11.5. The van der Waals surface area contributed by atoms with Gasteiger partial charge in [-0.1, -0.05) is 22.0 Å². The van der Waals surface area contributed by atoms with Crippen molar-refractivity contribution in [2.75, 3.05) is 0 Å². The lowest BCUT2D eigenvalue weighted by atomic mass is 10.2. The number of rotatable bonds is 2. The molecule has 80 valence electrons. The van der Waals surface area contributed by atoms with Gasteiger partial charge in [0.2, 0.25) is 0 Å². The van der Waals surface area contributed by atoms with E-state index in [4.69, 9.17) is 5.73 Å². The molecule has 0 aliphatic heterocycles. The second-order valence-electron chi connectivity index (χ2n) is 3.98. The molecule has 0 aliphatic carbocycles. The standard InChI is InChI=1S/C12H15BrN2/c1-8(2)15-9(7-14)6-10-11(13)4-3-5-12(10)15/h3-6,8H,7,14H2,1-2H3. The quantitative estimate of drug-likeness (QED) is 0.887. The lowest BCUT2D eigenvalue weighted by Gasteiger charge is -2.13. The van der Waals surface area contributed by atoms with Crippen LogP contribution in [0.25, 0.3) is 10.9 Å². The van der Waals surface area contributed by atoms with Crippen molar-refractivity contribution in [2.24, 2.45) is 5.73 Å². The minimum atomic E-state index is 0.440. The monoisotopic (exact) mass is 266 g/mol. The van der Waals surface area contributed by atoms with Crippen LogP contribution in [0.4, 0.5) is 0 Å². The molecule has 1 aromatic carbocycles. The molecule has 0 aliphatic rings. The first-order chi connectivity index (χ1) is 7.15. The molecular weight excluding hydrogens is 252 g/mol. The topological polar surface area (TPSA) is 30.9 Å². The van der Waals surface area contributed by atoms with Crippen LogP contribution in [0.2, 0.25) is 0 Å². The summed E-state index contributed by atoms with van der Waals surface area (Å²) in [5, 5.41) is 1.24. The van der Waals surface area contributed by atoms with Gasteiger partial charge in [-0.15, -0.1) is 0 Å². The van der Waals surface area contributed by atoms with E-state index in [-0.39, 0.29) is 0 Å². The summed E-state index contributed by atoms with van der Waals surface area (Å²) in [7, 11) is 0. The molecule has 0 radical (unpaired) electrons. The highest BCUT2D eigenvalue weighted by atomic mass is 79.9. The van der Waals surface area contributed by atoms with Crippen LogP contribution < -0.4 is 5.73 Å². The first-order valence-electron chi connectivity index (χ1n) is 5.13. The van der Waals surface area contributed by atoms with E-state index in [0.29, 0.717) is 12.6 Å². The van der Waals surface area contributed by atoms with Gasteiger partial charge in [0.25, 0.3) is 0 Å². The summed E-state index contributed by atoms with van der Waals surface area (Å²) >= 11 is 3.57. The van der Waals surface area contributed by atoms with Gasteiger partial charge in [0, 0.05) is 33.7 Å². The van der Waals surface area contributed by atoms with Crippen molar-refractivity contribution >= 4 is 26.8 Å². The highest BCUT2D eigenvalue weighted by molar-refractivity contribution is 9.10. The number of hydrogen-bond donors (Lipinski definition) is 1. The summed E-state index contributed by atoms with van der Waals surface area (Å²) in [6.45, 7) is 4.94. The highest BCUT2D eigenvalue weighted by Gasteiger charge is 2.11. The minimum Gasteiger partial charge on any atom is -0.341 e. The van der Waals surface area contributed by atoms with E-state index in [1.807, 2.05) is 0 Å². The summed E-state index contributed by atoms with van der Waals surface area (Å²) in [5.41, 5.74) is 8.20. The zero-order chi connectivity index (χ0) is 11.0. The molecule has 3 heteroatoms. The Hall–Kier alpha value is -0.800. The van der Waals surface area contributed by atoms with Crippen LogP contribution in [0.3, 0.4) is 0 Å². The van der Waals surface area contributed by atoms with E-state index < -0.39 is 0 Å². The van der Waals surface area contributed by atoms with E-state index in [2.05, 4.69) is 58.6 Å². The molecule has 0 bridgehead atoms. The molecule has 2 rings (SSSR count). The maximum Gasteiger partial charge on any atom is 0.0496 e. The third kappa shape index (κ3) is 1.70. The second-order valence-corrected chi connectivity index (χ2v) is 4.83. The molecule has 1 aromatic heterocycles. The largest absolute Gasteiger partial charge is 0.341 e. The molecule has 0 atom stereocenters. The molecular formula is C12H15BrN2. The average molecular weight is 267 g/mol. The van der Waals surface area contributed by atoms with Crippen molar-refractivity contribution in [1.29, 1.82) is 0 Å². The maximum atomic E-state index is 5.77. The Labute approximate surface area is 98.2 Å². The predicted octanol–water partition coefficient (Wildman–Crippen LogP) is 3.44. The van der Waals surface area contributed by atoms with Crippen LogP contribution >= 0.6 is 15.9 Å². The first-order valence-corrected chi connectivity index (χ1v) is 5.93. The fraction of sp³-hybridized carbons (Fsp3) is 0.333. The van der Waals surface area contributed by atoms with Crippen LogP contribution in [0.5, 0.6) is 0 Å². The Balaban J connectivity index is 2.80. The van der Waals surface area contributed by atoms with Crippen LogP contribution in [0, 0.1) is 0 Å². The fourth-order valence-corrected chi connectivity index (χ4v) is 2.51. The Morgan fingerprint density at radius 1 is 1.40 bits per heavy atom. The summed E-state index contributed by atoms with van der Waals surface area (Å²) in [5.74, 6) is 0. The SMILES string of the molecule is CC(C)n1c(CN)cc2c(Br)cccc21. The van der Waals surface area contributed by atoms with Gasteiger partial charge in [0.05, 0.1) is 0 Å². The highest BCUT2D eigenvalue weighted by Crippen LogP contribution is 2.29. The van der Waals surface area contributed by atoms with Gasteiger partial charge in [-0.3, -0.25) is 0 Å². The Bertz CT molecular complexity index is 486. The molecule has 2 nitrogen and oxygen atoms in total. The zero-order valence-corrected chi connectivity index (χ0v) is 10.6. The molecule has 0 unspecified atom stereocenters. The molecule has 15 heavy (non-hydrogen) atoms. The number of nitrogens with two attached hydrogens (primary N) is 1. The lowest BCUT2D eigenvalue weighted by molar-refractivity contribution is 0.595. The molecule has 0 amide bonds. The molecule has 0 saturated carbocycles. The summed E-state index contributed by atoms with van der Waals surface area (Å²) in [4.78, 5) is 0. The van der Waals surface area contributed by atoms with Gasteiger partial charge < -0.3 is 10.3 Å². The van der Waals surface area contributed by atoms with Crippen molar-refractivity contribution < 1.29 is 0 Å². The summed E-state index contributed by atoms with van der Waals surface area (Å²) in [6, 6.07) is 8.87. The van der Waals surface area contributed by atoms with Crippen molar-refractivity contribution in [3.05, 3.63) is 34.4 Å². The Morgan fingerprint density at radius 3 is 2.73 bits per heavy atom. The average Bonchev–Trinajstić information content (AvgIpc) is 2.57. The third-order valence-corrected chi connectivity index (χ3v) is 3.33. The van der Waals surface area contributed by atoms with Gasteiger partial charge in [-0.25, -0.2) is 0 Å². The molecule has 2 aromatic rings. The minimum absolute atomic E-state index is 0.440. The van der Waals surface area contributed by atoms with Gasteiger partial charge in [0.1, 0.15) is 0 Å². The molecule has 0 spiro atoms.